The number of ether oxygens (including phenoxy) is 1. The van der Waals surface area contributed by atoms with E-state index in [-0.39, 0.29) is 24.2 Å². The predicted octanol–water partition coefficient (Wildman–Crippen LogP) is 3.18. The molecule has 0 saturated heterocycles. The van der Waals surface area contributed by atoms with Crippen molar-refractivity contribution in [2.75, 3.05) is 0 Å². The molecule has 8 heteroatoms. The van der Waals surface area contributed by atoms with Gasteiger partial charge in [-0.1, -0.05) is 35.9 Å². The van der Waals surface area contributed by atoms with Gasteiger partial charge in [0.25, 0.3) is 10.1 Å². The molecule has 1 N–H and O–H groups in total. The van der Waals surface area contributed by atoms with E-state index >= 15 is 0 Å². The summed E-state index contributed by atoms with van der Waals surface area (Å²) in [6, 6.07) is 14.5. The number of aryl methyl sites for hydroxylation is 1. The van der Waals surface area contributed by atoms with Crippen LogP contribution in [0.4, 0.5) is 0 Å². The zero-order chi connectivity index (χ0) is 21.0. The molecule has 0 bridgehead atoms. The minimum absolute atomic E-state index is 0.00150. The molecule has 0 aromatic heterocycles. The molecule has 2 unspecified atom stereocenters. The average molecular weight is 418 g/mol. The van der Waals surface area contributed by atoms with Crippen LogP contribution in [-0.4, -0.2) is 37.7 Å². The molecular formula is C21H22O7S. The lowest BCUT2D eigenvalue weighted by Crippen LogP contribution is -2.38. The number of benzene rings is 2. The van der Waals surface area contributed by atoms with Crippen LogP contribution in [0.1, 0.15) is 35.2 Å². The molecule has 1 fully saturated rings. The van der Waals surface area contributed by atoms with Crippen molar-refractivity contribution in [3.8, 4) is 0 Å². The fourth-order valence-corrected chi connectivity index (χ4v) is 4.42. The monoisotopic (exact) mass is 418 g/mol. The highest BCUT2D eigenvalue weighted by Gasteiger charge is 2.38. The first kappa shape index (κ1) is 21.0. The van der Waals surface area contributed by atoms with Crippen molar-refractivity contribution < 1.29 is 32.0 Å². The van der Waals surface area contributed by atoms with E-state index in [9.17, 15) is 23.1 Å². The fraction of sp³-hybridized carbons (Fsp3) is 0.333. The number of carboxylic acid groups (broad SMARTS) is 1. The summed E-state index contributed by atoms with van der Waals surface area (Å²) in [6.45, 7) is 1.83. The molecule has 0 spiro atoms. The van der Waals surface area contributed by atoms with Gasteiger partial charge in [0.15, 0.2) is 0 Å². The first-order chi connectivity index (χ1) is 13.7. The predicted molar refractivity (Wildman–Crippen MR) is 104 cm³/mol. The van der Waals surface area contributed by atoms with Gasteiger partial charge in [-0.05, 0) is 44.0 Å². The summed E-state index contributed by atoms with van der Waals surface area (Å²) >= 11 is 0. The summed E-state index contributed by atoms with van der Waals surface area (Å²) < 4.78 is 35.9. The Hall–Kier alpha value is -2.71. The van der Waals surface area contributed by atoms with Gasteiger partial charge in [0.1, 0.15) is 6.10 Å². The van der Waals surface area contributed by atoms with E-state index in [4.69, 9.17) is 8.92 Å². The first-order valence-corrected chi connectivity index (χ1v) is 10.6. The van der Waals surface area contributed by atoms with Crippen molar-refractivity contribution in [2.24, 2.45) is 5.92 Å². The second-order valence-corrected chi connectivity index (χ2v) is 8.69. The number of rotatable bonds is 6. The van der Waals surface area contributed by atoms with Crippen LogP contribution >= 0.6 is 0 Å². The molecule has 154 valence electrons. The third-order valence-corrected chi connectivity index (χ3v) is 6.20. The smallest absolute Gasteiger partial charge is 0.338 e. The molecule has 1 aliphatic carbocycles. The van der Waals surface area contributed by atoms with E-state index < -0.39 is 40.2 Å². The molecular weight excluding hydrogens is 396 g/mol. The van der Waals surface area contributed by atoms with E-state index in [1.54, 1.807) is 42.5 Å². The van der Waals surface area contributed by atoms with Gasteiger partial charge in [0.05, 0.1) is 22.5 Å². The number of hydrogen-bond donors (Lipinski definition) is 1. The Labute approximate surface area is 169 Å². The highest BCUT2D eigenvalue weighted by molar-refractivity contribution is 7.86. The Morgan fingerprint density at radius 2 is 1.55 bits per heavy atom. The summed E-state index contributed by atoms with van der Waals surface area (Å²) in [5.74, 6) is -2.52. The van der Waals surface area contributed by atoms with Crippen LogP contribution < -0.4 is 0 Å². The van der Waals surface area contributed by atoms with Crippen molar-refractivity contribution in [2.45, 2.75) is 43.3 Å². The fourth-order valence-electron chi connectivity index (χ4n) is 3.33. The van der Waals surface area contributed by atoms with Crippen molar-refractivity contribution in [1.29, 1.82) is 0 Å². The number of carboxylic acids is 1. The third kappa shape index (κ3) is 5.42. The summed E-state index contributed by atoms with van der Waals surface area (Å²) in [5, 5.41) is 9.43. The van der Waals surface area contributed by atoms with Gasteiger partial charge in [-0.3, -0.25) is 8.98 Å². The second-order valence-electron chi connectivity index (χ2n) is 7.12. The minimum atomic E-state index is -4.06. The van der Waals surface area contributed by atoms with Gasteiger partial charge >= 0.3 is 11.9 Å². The summed E-state index contributed by atoms with van der Waals surface area (Å²) in [5.41, 5.74) is 1.25. The zero-order valence-corrected chi connectivity index (χ0v) is 16.7. The maximum atomic E-state index is 12.6. The minimum Gasteiger partial charge on any atom is -0.481 e. The van der Waals surface area contributed by atoms with Crippen LogP contribution in [0.2, 0.25) is 0 Å². The van der Waals surface area contributed by atoms with Crippen LogP contribution in [0.3, 0.4) is 0 Å². The lowest BCUT2D eigenvalue weighted by molar-refractivity contribution is -0.146. The molecule has 3 rings (SSSR count). The van der Waals surface area contributed by atoms with Gasteiger partial charge in [0, 0.05) is 6.42 Å². The third-order valence-electron chi connectivity index (χ3n) is 4.83. The Kier molecular flexibility index (Phi) is 6.34. The Morgan fingerprint density at radius 1 is 0.931 bits per heavy atom. The Bertz CT molecular complexity index is 968. The van der Waals surface area contributed by atoms with Crippen LogP contribution in [0.25, 0.3) is 0 Å². The quantitative estimate of drug-likeness (QED) is 0.567. The van der Waals surface area contributed by atoms with Gasteiger partial charge in [-0.15, -0.1) is 0 Å². The molecule has 7 nitrogen and oxygen atoms in total. The molecule has 2 aromatic rings. The van der Waals surface area contributed by atoms with Gasteiger partial charge in [0.2, 0.25) is 0 Å². The van der Waals surface area contributed by atoms with E-state index in [0.717, 1.165) is 5.56 Å². The molecule has 3 atom stereocenters. The highest BCUT2D eigenvalue weighted by atomic mass is 32.2. The number of carbonyl (C=O) groups excluding carboxylic acids is 1. The summed E-state index contributed by atoms with van der Waals surface area (Å²) in [4.78, 5) is 23.8. The number of carbonyl (C=O) groups is 2. The van der Waals surface area contributed by atoms with Crippen molar-refractivity contribution in [3.05, 3.63) is 65.7 Å². The van der Waals surface area contributed by atoms with E-state index in [0.29, 0.717) is 5.56 Å². The first-order valence-electron chi connectivity index (χ1n) is 9.23. The summed E-state index contributed by atoms with van der Waals surface area (Å²) in [7, 11) is -4.06. The number of hydrogen-bond acceptors (Lipinski definition) is 6. The van der Waals surface area contributed by atoms with E-state index in [2.05, 4.69) is 0 Å². The average Bonchev–Trinajstić information content (AvgIpc) is 2.68. The van der Waals surface area contributed by atoms with E-state index in [1.807, 2.05) is 6.92 Å². The standard InChI is InChI=1S/C21H22O7S/c1-14-7-9-19(10-8-14)29(25,26)28-18-12-16(20(22)23)11-17(13-18)27-21(24)15-5-3-2-4-6-15/h2-10,16-18H,11-13H2,1H3,(H,22,23)/t16?,17?,18-/m1/s1. The molecule has 0 heterocycles. The largest absolute Gasteiger partial charge is 0.481 e. The van der Waals surface area contributed by atoms with Gasteiger partial charge in [-0.25, -0.2) is 4.79 Å². The molecule has 1 aliphatic rings. The normalized spacial score (nSPS) is 22.0. The molecule has 0 amide bonds. The van der Waals surface area contributed by atoms with Crippen molar-refractivity contribution >= 4 is 22.1 Å². The molecule has 0 aliphatic heterocycles. The molecule has 2 aromatic carbocycles. The van der Waals surface area contributed by atoms with Crippen LogP contribution in [-0.2, 0) is 23.8 Å². The topological polar surface area (TPSA) is 107 Å². The lowest BCUT2D eigenvalue weighted by Gasteiger charge is -2.32. The molecule has 29 heavy (non-hydrogen) atoms. The van der Waals surface area contributed by atoms with Crippen LogP contribution in [0.5, 0.6) is 0 Å². The molecule has 1 saturated carbocycles. The van der Waals surface area contributed by atoms with E-state index in [1.165, 1.54) is 12.1 Å². The van der Waals surface area contributed by atoms with Crippen LogP contribution in [0, 0.1) is 12.8 Å². The SMILES string of the molecule is Cc1ccc(S(=O)(=O)O[C@H]2CC(OC(=O)c3ccccc3)CC(C(=O)O)C2)cc1. The Morgan fingerprint density at radius 3 is 2.17 bits per heavy atom. The van der Waals surface area contributed by atoms with Crippen molar-refractivity contribution in [3.63, 3.8) is 0 Å². The summed E-state index contributed by atoms with van der Waals surface area (Å²) in [6.07, 6.45) is -1.41. The van der Waals surface area contributed by atoms with Gasteiger partial charge < -0.3 is 9.84 Å². The van der Waals surface area contributed by atoms with Crippen molar-refractivity contribution in [1.82, 2.24) is 0 Å². The van der Waals surface area contributed by atoms with Crippen LogP contribution in [0.15, 0.2) is 59.5 Å². The van der Waals surface area contributed by atoms with Gasteiger partial charge in [-0.2, -0.15) is 8.42 Å². The lowest BCUT2D eigenvalue weighted by atomic mass is 9.85. The second kappa shape index (κ2) is 8.75. The zero-order valence-electron chi connectivity index (χ0n) is 15.9. The Balaban J connectivity index is 1.73. The molecule has 0 radical (unpaired) electrons. The highest BCUT2D eigenvalue weighted by Crippen LogP contribution is 2.31. The maximum absolute atomic E-state index is 12.6. The maximum Gasteiger partial charge on any atom is 0.338 e. The number of esters is 1. The number of aliphatic carboxylic acids is 1.